The number of nitrogens with zero attached hydrogens (tertiary/aromatic N) is 1. The van der Waals surface area contributed by atoms with Crippen molar-refractivity contribution in [1.29, 1.82) is 0 Å². The molecule has 0 amide bonds. The minimum absolute atomic E-state index is 0.00564. The third-order valence-electron chi connectivity index (χ3n) is 3.47. The number of ether oxygens (including phenoxy) is 1. The summed E-state index contributed by atoms with van der Waals surface area (Å²) in [4.78, 5) is 24.6. The second-order valence-electron chi connectivity index (χ2n) is 4.92. The normalized spacial score (nSPS) is 16.7. The van der Waals surface area contributed by atoms with Crippen molar-refractivity contribution in [1.82, 2.24) is 4.57 Å². The van der Waals surface area contributed by atoms with Crippen LogP contribution in [0.5, 0.6) is 0 Å². The third kappa shape index (κ3) is 2.50. The Morgan fingerprint density at radius 2 is 2.05 bits per heavy atom. The number of fused-ring (bicyclic) bond motifs is 1. The Hall–Kier alpha value is -1.53. The summed E-state index contributed by atoms with van der Waals surface area (Å²) >= 11 is 4.80. The van der Waals surface area contributed by atoms with Crippen molar-refractivity contribution in [2.45, 2.75) is 24.1 Å². The van der Waals surface area contributed by atoms with Crippen LogP contribution in [0.2, 0.25) is 0 Å². The standard InChI is InChI=1S/C16H14BrNO3S/c1-3-21-16(20)13-12(10-4-6-11(17)7-5-10)8-18-14(19)9(2)22-15(13)18/h4-9H,3H2,1-2H3. The molecule has 0 saturated carbocycles. The van der Waals surface area contributed by atoms with Crippen LogP contribution in [0.25, 0.3) is 11.1 Å². The molecule has 3 rings (SSSR count). The highest BCUT2D eigenvalue weighted by molar-refractivity contribution is 9.10. The number of esters is 1. The van der Waals surface area contributed by atoms with E-state index in [1.54, 1.807) is 17.7 Å². The lowest BCUT2D eigenvalue weighted by atomic mass is 10.1. The van der Waals surface area contributed by atoms with E-state index in [1.807, 2.05) is 31.2 Å². The lowest BCUT2D eigenvalue weighted by molar-refractivity contribution is 0.0523. The highest BCUT2D eigenvalue weighted by Crippen LogP contribution is 2.41. The molecule has 1 unspecified atom stereocenters. The number of hydrogen-bond donors (Lipinski definition) is 0. The number of hydrogen-bond acceptors (Lipinski definition) is 4. The topological polar surface area (TPSA) is 48.3 Å². The zero-order valence-electron chi connectivity index (χ0n) is 12.1. The summed E-state index contributed by atoms with van der Waals surface area (Å²) in [5.74, 6) is -0.391. The number of rotatable bonds is 3. The first-order chi connectivity index (χ1) is 10.5. The molecular formula is C16H14BrNO3S. The molecule has 0 fully saturated rings. The van der Waals surface area contributed by atoms with Crippen molar-refractivity contribution in [3.05, 3.63) is 40.5 Å². The van der Waals surface area contributed by atoms with Crippen LogP contribution in [-0.2, 0) is 4.74 Å². The summed E-state index contributed by atoms with van der Waals surface area (Å²) in [6.45, 7) is 3.92. The maximum Gasteiger partial charge on any atom is 0.341 e. The molecule has 2 heterocycles. The van der Waals surface area contributed by atoms with Crippen molar-refractivity contribution in [3.8, 4) is 11.1 Å². The van der Waals surface area contributed by atoms with Gasteiger partial charge in [0.1, 0.15) is 0 Å². The molecular weight excluding hydrogens is 366 g/mol. The van der Waals surface area contributed by atoms with Gasteiger partial charge in [-0.3, -0.25) is 9.36 Å². The smallest absolute Gasteiger partial charge is 0.341 e. The summed E-state index contributed by atoms with van der Waals surface area (Å²) < 4.78 is 7.71. The van der Waals surface area contributed by atoms with E-state index in [9.17, 15) is 9.59 Å². The minimum atomic E-state index is -0.386. The van der Waals surface area contributed by atoms with Gasteiger partial charge in [-0.15, -0.1) is 0 Å². The van der Waals surface area contributed by atoms with Crippen LogP contribution in [-0.4, -0.2) is 28.3 Å². The summed E-state index contributed by atoms with van der Waals surface area (Å²) in [6.07, 6.45) is 1.74. The first-order valence-corrected chi connectivity index (χ1v) is 8.59. The Balaban J connectivity index is 2.16. The zero-order chi connectivity index (χ0) is 15.9. The molecule has 0 saturated heterocycles. The first-order valence-electron chi connectivity index (χ1n) is 6.92. The van der Waals surface area contributed by atoms with Gasteiger partial charge in [0.15, 0.2) is 0 Å². The fraction of sp³-hybridized carbons (Fsp3) is 0.250. The van der Waals surface area contributed by atoms with E-state index >= 15 is 0 Å². The summed E-state index contributed by atoms with van der Waals surface area (Å²) in [6, 6.07) is 7.64. The number of aromatic nitrogens is 1. The predicted molar refractivity (Wildman–Crippen MR) is 89.5 cm³/mol. The van der Waals surface area contributed by atoms with Crippen LogP contribution < -0.4 is 0 Å². The van der Waals surface area contributed by atoms with Gasteiger partial charge in [-0.25, -0.2) is 4.79 Å². The largest absolute Gasteiger partial charge is 0.462 e. The fourth-order valence-electron chi connectivity index (χ4n) is 2.43. The van der Waals surface area contributed by atoms with E-state index in [4.69, 9.17) is 4.74 Å². The van der Waals surface area contributed by atoms with Crippen LogP contribution in [0, 0.1) is 0 Å². The first kappa shape index (κ1) is 15.4. The van der Waals surface area contributed by atoms with E-state index < -0.39 is 0 Å². The molecule has 2 aromatic rings. The second kappa shape index (κ2) is 5.93. The van der Waals surface area contributed by atoms with Crippen LogP contribution in [0.4, 0.5) is 0 Å². The third-order valence-corrected chi connectivity index (χ3v) is 5.18. The van der Waals surface area contributed by atoms with Gasteiger partial charge in [-0.2, -0.15) is 0 Å². The Bertz CT molecular complexity index is 751. The number of thioether (sulfide) groups is 1. The molecule has 1 atom stereocenters. The highest BCUT2D eigenvalue weighted by atomic mass is 79.9. The highest BCUT2D eigenvalue weighted by Gasteiger charge is 2.35. The molecule has 0 aliphatic carbocycles. The molecule has 1 aliphatic heterocycles. The molecule has 1 aliphatic rings. The van der Waals surface area contributed by atoms with Gasteiger partial charge in [0.2, 0.25) is 5.91 Å². The quantitative estimate of drug-likeness (QED) is 0.748. The van der Waals surface area contributed by atoms with Gasteiger partial charge in [-0.05, 0) is 31.5 Å². The molecule has 0 bridgehead atoms. The van der Waals surface area contributed by atoms with Gasteiger partial charge in [0.25, 0.3) is 0 Å². The Morgan fingerprint density at radius 3 is 2.68 bits per heavy atom. The van der Waals surface area contributed by atoms with Crippen LogP contribution >= 0.6 is 27.7 Å². The van der Waals surface area contributed by atoms with Crippen molar-refractivity contribution >= 4 is 39.6 Å². The van der Waals surface area contributed by atoms with E-state index in [-0.39, 0.29) is 17.1 Å². The van der Waals surface area contributed by atoms with E-state index in [1.165, 1.54) is 11.8 Å². The second-order valence-corrected chi connectivity index (χ2v) is 7.16. The van der Waals surface area contributed by atoms with Crippen molar-refractivity contribution in [2.75, 3.05) is 6.61 Å². The van der Waals surface area contributed by atoms with Crippen molar-refractivity contribution in [3.63, 3.8) is 0 Å². The maximum absolute atomic E-state index is 12.4. The molecule has 0 radical (unpaired) electrons. The molecule has 0 spiro atoms. The zero-order valence-corrected chi connectivity index (χ0v) is 14.5. The number of carbonyl (C=O) groups excluding carboxylic acids is 2. The molecule has 4 nitrogen and oxygen atoms in total. The average molecular weight is 380 g/mol. The monoisotopic (exact) mass is 379 g/mol. The van der Waals surface area contributed by atoms with E-state index in [2.05, 4.69) is 15.9 Å². The lowest BCUT2D eigenvalue weighted by Gasteiger charge is -2.07. The van der Waals surface area contributed by atoms with Crippen LogP contribution in [0.3, 0.4) is 0 Å². The fourth-order valence-corrected chi connectivity index (χ4v) is 3.81. The number of halogens is 1. The van der Waals surface area contributed by atoms with Gasteiger partial charge in [0, 0.05) is 16.2 Å². The van der Waals surface area contributed by atoms with Gasteiger partial charge >= 0.3 is 5.97 Å². The maximum atomic E-state index is 12.4. The summed E-state index contributed by atoms with van der Waals surface area (Å²) in [5.41, 5.74) is 2.09. The minimum Gasteiger partial charge on any atom is -0.462 e. The number of carbonyl (C=O) groups is 2. The van der Waals surface area contributed by atoms with E-state index in [0.29, 0.717) is 17.2 Å². The Labute approximate surface area is 141 Å². The van der Waals surface area contributed by atoms with Gasteiger partial charge < -0.3 is 4.74 Å². The molecule has 1 aromatic carbocycles. The molecule has 114 valence electrons. The van der Waals surface area contributed by atoms with Crippen molar-refractivity contribution < 1.29 is 14.3 Å². The van der Waals surface area contributed by atoms with Gasteiger partial charge in [-0.1, -0.05) is 39.8 Å². The average Bonchev–Trinajstić information content (AvgIpc) is 2.98. The SMILES string of the molecule is CCOC(=O)c1c(-c2ccc(Br)cc2)cn2c1SC(C)C2=O. The number of benzene rings is 1. The molecule has 6 heteroatoms. The molecule has 22 heavy (non-hydrogen) atoms. The lowest BCUT2D eigenvalue weighted by Crippen LogP contribution is -2.12. The Kier molecular flexibility index (Phi) is 4.14. The van der Waals surface area contributed by atoms with E-state index in [0.717, 1.165) is 15.6 Å². The van der Waals surface area contributed by atoms with Crippen LogP contribution in [0.1, 0.15) is 29.0 Å². The summed E-state index contributed by atoms with van der Waals surface area (Å²) in [7, 11) is 0. The van der Waals surface area contributed by atoms with Gasteiger partial charge in [0.05, 0.1) is 22.4 Å². The predicted octanol–water partition coefficient (Wildman–Crippen LogP) is 4.23. The molecule has 1 aromatic heterocycles. The Morgan fingerprint density at radius 1 is 1.36 bits per heavy atom. The van der Waals surface area contributed by atoms with Crippen molar-refractivity contribution in [2.24, 2.45) is 0 Å². The molecule has 0 N–H and O–H groups in total. The van der Waals surface area contributed by atoms with Crippen LogP contribution in [0.15, 0.2) is 40.0 Å². The summed E-state index contributed by atoms with van der Waals surface area (Å²) in [5, 5.41) is 0.496.